The molecule has 3 heterocycles. The van der Waals surface area contributed by atoms with Gasteiger partial charge in [0.15, 0.2) is 5.82 Å². The first-order valence-electron chi connectivity index (χ1n) is 8.88. The molecule has 142 valence electrons. The van der Waals surface area contributed by atoms with Crippen LogP contribution in [-0.2, 0) is 17.8 Å². The van der Waals surface area contributed by atoms with Crippen LogP contribution < -0.4 is 10.6 Å². The molecule has 2 aliphatic rings. The number of benzene rings is 1. The average Bonchev–Trinajstić information content (AvgIpc) is 3.07. The van der Waals surface area contributed by atoms with E-state index in [4.69, 9.17) is 0 Å². The fourth-order valence-electron chi connectivity index (χ4n) is 3.53. The average molecular weight is 398 g/mol. The first kappa shape index (κ1) is 20.7. The van der Waals surface area contributed by atoms with Crippen molar-refractivity contribution in [3.63, 3.8) is 0 Å². The monoisotopic (exact) mass is 397 g/mol. The number of carbonyl (C=O) groups is 1. The molecular formula is C18H25Cl2N5O. The van der Waals surface area contributed by atoms with Gasteiger partial charge in [0.2, 0.25) is 5.91 Å². The highest BCUT2D eigenvalue weighted by atomic mass is 35.5. The second kappa shape index (κ2) is 9.35. The van der Waals surface area contributed by atoms with E-state index < -0.39 is 0 Å². The third-order valence-corrected chi connectivity index (χ3v) is 4.90. The topological polar surface area (TPSA) is 71.8 Å². The number of nitrogens with zero attached hydrogens (tertiary/aromatic N) is 3. The molecule has 6 nitrogen and oxygen atoms in total. The molecule has 2 N–H and O–H groups in total. The van der Waals surface area contributed by atoms with Crippen LogP contribution in [-0.4, -0.2) is 33.3 Å². The van der Waals surface area contributed by atoms with Crippen LogP contribution in [0.4, 0.5) is 5.69 Å². The van der Waals surface area contributed by atoms with Crippen LogP contribution in [0.2, 0.25) is 0 Å². The molecule has 0 saturated carbocycles. The molecule has 1 amide bonds. The highest BCUT2D eigenvalue weighted by molar-refractivity contribution is 5.95. The summed E-state index contributed by atoms with van der Waals surface area (Å²) in [6, 6.07) is 7.84. The van der Waals surface area contributed by atoms with Gasteiger partial charge >= 0.3 is 0 Å². The van der Waals surface area contributed by atoms with Gasteiger partial charge in [-0.15, -0.1) is 35.0 Å². The quantitative estimate of drug-likeness (QED) is 0.833. The number of piperidine rings is 1. The van der Waals surface area contributed by atoms with E-state index in [1.807, 2.05) is 24.3 Å². The molecule has 26 heavy (non-hydrogen) atoms. The first-order chi connectivity index (χ1) is 11.8. The Morgan fingerprint density at radius 2 is 1.88 bits per heavy atom. The van der Waals surface area contributed by atoms with Crippen LogP contribution in [0, 0.1) is 0 Å². The van der Waals surface area contributed by atoms with Gasteiger partial charge in [0.1, 0.15) is 5.82 Å². The molecule has 0 radical (unpaired) electrons. The summed E-state index contributed by atoms with van der Waals surface area (Å²) in [5, 5.41) is 14.9. The number of carbonyl (C=O) groups excluding carboxylic acids is 1. The summed E-state index contributed by atoms with van der Waals surface area (Å²) in [4.78, 5) is 12.3. The van der Waals surface area contributed by atoms with Crippen LogP contribution in [0.5, 0.6) is 0 Å². The minimum Gasteiger partial charge on any atom is -0.325 e. The summed E-state index contributed by atoms with van der Waals surface area (Å²) >= 11 is 0. The fourth-order valence-corrected chi connectivity index (χ4v) is 3.53. The first-order valence-corrected chi connectivity index (χ1v) is 8.88. The third kappa shape index (κ3) is 4.37. The Kier molecular flexibility index (Phi) is 7.43. The van der Waals surface area contributed by atoms with Crippen molar-refractivity contribution in [2.75, 3.05) is 11.9 Å². The lowest BCUT2D eigenvalue weighted by Gasteiger charge is -2.22. The van der Waals surface area contributed by atoms with E-state index in [0.717, 1.165) is 61.7 Å². The normalized spacial score (nSPS) is 18.8. The van der Waals surface area contributed by atoms with Crippen molar-refractivity contribution >= 4 is 36.4 Å². The highest BCUT2D eigenvalue weighted by Gasteiger charge is 2.21. The zero-order valence-electron chi connectivity index (χ0n) is 14.6. The Hall–Kier alpha value is -1.63. The number of aryl methyl sites for hydroxylation is 1. The molecule has 0 spiro atoms. The highest BCUT2D eigenvalue weighted by Crippen LogP contribution is 2.24. The maximum atomic E-state index is 12.3. The molecule has 0 aliphatic carbocycles. The molecule has 2 aromatic rings. The van der Waals surface area contributed by atoms with Crippen LogP contribution >= 0.6 is 24.8 Å². The number of rotatable bonds is 3. The van der Waals surface area contributed by atoms with Gasteiger partial charge in [-0.3, -0.25) is 4.79 Å². The lowest BCUT2D eigenvalue weighted by atomic mass is 10.0. The minimum absolute atomic E-state index is 0. The number of halogens is 2. The van der Waals surface area contributed by atoms with Gasteiger partial charge in [-0.05, 0) is 56.5 Å². The molecule has 1 aromatic carbocycles. The summed E-state index contributed by atoms with van der Waals surface area (Å²) in [5.74, 6) is 2.07. The lowest BCUT2D eigenvalue weighted by molar-refractivity contribution is -0.118. The standard InChI is InChI=1S/C18H23N5O.2ClH/c24-18(15-5-1-3-11-19-15)20-14-9-7-13(8-10-14)17-22-21-16-6-2-4-12-23(16)17;;/h7-10,15,19H,1-6,11-12H2,(H,20,24);2*1H/t15-;;/m1../s1. The Morgan fingerprint density at radius 3 is 2.62 bits per heavy atom. The van der Waals surface area contributed by atoms with Crippen LogP contribution in [0.25, 0.3) is 11.4 Å². The second-order valence-electron chi connectivity index (χ2n) is 6.62. The number of fused-ring (bicyclic) bond motifs is 1. The molecule has 0 unspecified atom stereocenters. The number of hydrogen-bond acceptors (Lipinski definition) is 4. The third-order valence-electron chi connectivity index (χ3n) is 4.90. The smallest absolute Gasteiger partial charge is 0.241 e. The van der Waals surface area contributed by atoms with Crippen LogP contribution in [0.15, 0.2) is 24.3 Å². The van der Waals surface area contributed by atoms with Crippen molar-refractivity contribution in [3.8, 4) is 11.4 Å². The second-order valence-corrected chi connectivity index (χ2v) is 6.62. The predicted octanol–water partition coefficient (Wildman–Crippen LogP) is 3.21. The fraction of sp³-hybridized carbons (Fsp3) is 0.500. The zero-order chi connectivity index (χ0) is 16.4. The number of anilines is 1. The summed E-state index contributed by atoms with van der Waals surface area (Å²) < 4.78 is 2.21. The molecule has 1 atom stereocenters. The van der Waals surface area contributed by atoms with E-state index in [1.165, 1.54) is 12.8 Å². The van der Waals surface area contributed by atoms with Crippen molar-refractivity contribution in [3.05, 3.63) is 30.1 Å². The maximum absolute atomic E-state index is 12.3. The van der Waals surface area contributed by atoms with Crippen molar-refractivity contribution in [1.29, 1.82) is 0 Å². The molecule has 0 bridgehead atoms. The van der Waals surface area contributed by atoms with Crippen molar-refractivity contribution in [1.82, 2.24) is 20.1 Å². The predicted molar refractivity (Wildman–Crippen MR) is 107 cm³/mol. The number of amides is 1. The van der Waals surface area contributed by atoms with Crippen LogP contribution in [0.1, 0.15) is 37.9 Å². The van der Waals surface area contributed by atoms with E-state index in [1.54, 1.807) is 0 Å². The van der Waals surface area contributed by atoms with Gasteiger partial charge in [-0.1, -0.05) is 6.42 Å². The Labute approximate surface area is 166 Å². The van der Waals surface area contributed by atoms with Gasteiger partial charge in [0, 0.05) is 24.2 Å². The van der Waals surface area contributed by atoms with Crippen molar-refractivity contribution < 1.29 is 4.79 Å². The Morgan fingerprint density at radius 1 is 1.08 bits per heavy atom. The summed E-state index contributed by atoms with van der Waals surface area (Å²) in [7, 11) is 0. The maximum Gasteiger partial charge on any atom is 0.241 e. The molecule has 1 saturated heterocycles. The van der Waals surface area contributed by atoms with E-state index in [9.17, 15) is 4.79 Å². The van der Waals surface area contributed by atoms with E-state index in [0.29, 0.717) is 0 Å². The minimum atomic E-state index is -0.0676. The molecular weight excluding hydrogens is 373 g/mol. The number of nitrogens with one attached hydrogen (secondary N) is 2. The summed E-state index contributed by atoms with van der Waals surface area (Å²) in [6.07, 6.45) is 6.56. The SMILES string of the molecule is Cl.Cl.O=C(Nc1ccc(-c2nnc3n2CCCC3)cc1)[C@H]1CCCCN1. The molecule has 1 fully saturated rings. The van der Waals surface area contributed by atoms with Gasteiger partial charge in [-0.25, -0.2) is 0 Å². The molecule has 4 rings (SSSR count). The number of hydrogen-bond donors (Lipinski definition) is 2. The summed E-state index contributed by atoms with van der Waals surface area (Å²) in [5.41, 5.74) is 1.87. The van der Waals surface area contributed by atoms with E-state index in [2.05, 4.69) is 25.4 Å². The molecule has 2 aliphatic heterocycles. The van der Waals surface area contributed by atoms with Gasteiger partial charge in [-0.2, -0.15) is 0 Å². The largest absolute Gasteiger partial charge is 0.325 e. The van der Waals surface area contributed by atoms with Crippen LogP contribution in [0.3, 0.4) is 0 Å². The summed E-state index contributed by atoms with van der Waals surface area (Å²) in [6.45, 7) is 1.92. The van der Waals surface area contributed by atoms with E-state index >= 15 is 0 Å². The van der Waals surface area contributed by atoms with Gasteiger partial charge < -0.3 is 15.2 Å². The van der Waals surface area contributed by atoms with Crippen molar-refractivity contribution in [2.45, 2.75) is 51.1 Å². The van der Waals surface area contributed by atoms with Gasteiger partial charge in [0.05, 0.1) is 6.04 Å². The zero-order valence-corrected chi connectivity index (χ0v) is 16.2. The number of aromatic nitrogens is 3. The Balaban J connectivity index is 0.00000121. The molecule has 8 heteroatoms. The molecule has 1 aromatic heterocycles. The van der Waals surface area contributed by atoms with Gasteiger partial charge in [0.25, 0.3) is 0 Å². The van der Waals surface area contributed by atoms with Crippen molar-refractivity contribution in [2.24, 2.45) is 0 Å². The Bertz CT molecular complexity index is 726. The van der Waals surface area contributed by atoms with E-state index in [-0.39, 0.29) is 36.8 Å². The lowest BCUT2D eigenvalue weighted by Crippen LogP contribution is -2.43.